The van der Waals surface area contributed by atoms with E-state index in [1.165, 1.54) is 0 Å². The van der Waals surface area contributed by atoms with Crippen LogP contribution in [-0.4, -0.2) is 41.9 Å². The van der Waals surface area contributed by atoms with E-state index in [0.29, 0.717) is 43.7 Å². The van der Waals surface area contributed by atoms with Crippen molar-refractivity contribution in [1.82, 2.24) is 4.90 Å². The summed E-state index contributed by atoms with van der Waals surface area (Å²) in [6, 6.07) is 9.79. The van der Waals surface area contributed by atoms with Gasteiger partial charge in [0.25, 0.3) is 5.69 Å². The number of benzene rings is 2. The second-order valence-corrected chi connectivity index (χ2v) is 7.32. The molecule has 2 aromatic carbocycles. The summed E-state index contributed by atoms with van der Waals surface area (Å²) in [5, 5.41) is 11.9. The largest absolute Gasteiger partial charge is 0.416 e. The molecule has 0 radical (unpaired) electrons. The third-order valence-electron chi connectivity index (χ3n) is 5.04. The number of rotatable bonds is 5. The van der Waals surface area contributed by atoms with Gasteiger partial charge < -0.3 is 9.80 Å². The summed E-state index contributed by atoms with van der Waals surface area (Å²) >= 11 is 6.10. The highest BCUT2D eigenvalue weighted by atomic mass is 35.5. The maximum absolute atomic E-state index is 12.9. The molecule has 1 fully saturated rings. The zero-order valence-electron chi connectivity index (χ0n) is 15.9. The summed E-state index contributed by atoms with van der Waals surface area (Å²) in [5.74, 6) is -0.0588. The number of hydrogen-bond acceptors (Lipinski definition) is 4. The fourth-order valence-electron chi connectivity index (χ4n) is 3.41. The molecule has 10 heteroatoms. The summed E-state index contributed by atoms with van der Waals surface area (Å²) in [7, 11) is 0. The number of carbonyl (C=O) groups excluding carboxylic acids is 1. The average molecular weight is 442 g/mol. The van der Waals surface area contributed by atoms with Crippen molar-refractivity contribution in [3.05, 3.63) is 68.7 Å². The van der Waals surface area contributed by atoms with E-state index in [1.54, 1.807) is 15.9 Å². The third kappa shape index (κ3) is 5.02. The molecule has 1 amide bonds. The van der Waals surface area contributed by atoms with Crippen LogP contribution in [0.3, 0.4) is 0 Å². The number of nitro groups is 1. The molecule has 2 aromatic rings. The Kier molecular flexibility index (Phi) is 6.50. The van der Waals surface area contributed by atoms with Crippen LogP contribution in [0.2, 0.25) is 5.02 Å². The van der Waals surface area contributed by atoms with Crippen molar-refractivity contribution in [2.45, 2.75) is 19.0 Å². The molecule has 0 saturated carbocycles. The highest BCUT2D eigenvalue weighted by Gasteiger charge is 2.34. The van der Waals surface area contributed by atoms with Crippen LogP contribution < -0.4 is 4.90 Å². The summed E-state index contributed by atoms with van der Waals surface area (Å²) in [4.78, 5) is 26.3. The van der Waals surface area contributed by atoms with Gasteiger partial charge in [0.1, 0.15) is 5.69 Å². The Labute approximate surface area is 176 Å². The van der Waals surface area contributed by atoms with E-state index in [2.05, 4.69) is 0 Å². The van der Waals surface area contributed by atoms with E-state index in [9.17, 15) is 28.1 Å². The van der Waals surface area contributed by atoms with E-state index in [1.807, 2.05) is 18.2 Å². The van der Waals surface area contributed by atoms with Crippen molar-refractivity contribution >= 4 is 28.9 Å². The van der Waals surface area contributed by atoms with Crippen LogP contribution in [0, 0.1) is 10.1 Å². The molecule has 0 bridgehead atoms. The maximum atomic E-state index is 12.9. The molecule has 160 valence electrons. The van der Waals surface area contributed by atoms with E-state index >= 15 is 0 Å². The van der Waals surface area contributed by atoms with Gasteiger partial charge in [-0.1, -0.05) is 29.8 Å². The Morgan fingerprint density at radius 1 is 1.10 bits per heavy atom. The molecule has 1 heterocycles. The predicted molar refractivity (Wildman–Crippen MR) is 107 cm³/mol. The Balaban J connectivity index is 1.63. The van der Waals surface area contributed by atoms with Gasteiger partial charge in [0.15, 0.2) is 0 Å². The summed E-state index contributed by atoms with van der Waals surface area (Å²) in [6.45, 7) is 1.26. The number of aryl methyl sites for hydroxylation is 1. The molecule has 1 aliphatic heterocycles. The zero-order valence-corrected chi connectivity index (χ0v) is 16.6. The van der Waals surface area contributed by atoms with Gasteiger partial charge in [0, 0.05) is 43.7 Å². The van der Waals surface area contributed by atoms with Crippen LogP contribution >= 0.6 is 11.6 Å². The molecule has 30 heavy (non-hydrogen) atoms. The summed E-state index contributed by atoms with van der Waals surface area (Å²) < 4.78 is 38.6. The van der Waals surface area contributed by atoms with Gasteiger partial charge in [0.2, 0.25) is 5.91 Å². The topological polar surface area (TPSA) is 66.7 Å². The zero-order chi connectivity index (χ0) is 21.9. The molecule has 1 saturated heterocycles. The van der Waals surface area contributed by atoms with Crippen molar-refractivity contribution in [2.24, 2.45) is 0 Å². The normalized spacial score (nSPS) is 14.7. The highest BCUT2D eigenvalue weighted by Crippen LogP contribution is 2.36. The quantitative estimate of drug-likeness (QED) is 0.504. The number of hydrogen-bond donors (Lipinski definition) is 0. The first-order valence-electron chi connectivity index (χ1n) is 9.28. The highest BCUT2D eigenvalue weighted by molar-refractivity contribution is 6.31. The lowest BCUT2D eigenvalue weighted by Crippen LogP contribution is -2.49. The van der Waals surface area contributed by atoms with Gasteiger partial charge in [0.05, 0.1) is 10.5 Å². The number of halogens is 4. The van der Waals surface area contributed by atoms with Crippen molar-refractivity contribution in [2.75, 3.05) is 31.1 Å². The van der Waals surface area contributed by atoms with Crippen LogP contribution in [0.25, 0.3) is 0 Å². The Bertz CT molecular complexity index is 944. The molecular weight excluding hydrogens is 423 g/mol. The lowest BCUT2D eigenvalue weighted by molar-refractivity contribution is -0.384. The van der Waals surface area contributed by atoms with Gasteiger partial charge in [-0.15, -0.1) is 0 Å². The van der Waals surface area contributed by atoms with Crippen molar-refractivity contribution in [3.63, 3.8) is 0 Å². The standard InChI is InChI=1S/C20H19ClF3N3O3/c21-16-4-2-1-3-14(16)5-8-19(28)26-11-9-25(10-12-26)17-7-6-15(20(22,23)24)13-18(17)27(29)30/h1-4,6-7,13H,5,8-12H2. The molecule has 0 N–H and O–H groups in total. The van der Waals surface area contributed by atoms with Crippen LogP contribution in [0.5, 0.6) is 0 Å². The number of alkyl halides is 3. The Morgan fingerprint density at radius 2 is 1.77 bits per heavy atom. The van der Waals surface area contributed by atoms with Crippen LogP contribution in [0.1, 0.15) is 17.5 Å². The fourth-order valence-corrected chi connectivity index (χ4v) is 3.64. The summed E-state index contributed by atoms with van der Waals surface area (Å²) in [5.41, 5.74) is -0.655. The fraction of sp³-hybridized carbons (Fsp3) is 0.350. The molecule has 0 spiro atoms. The Morgan fingerprint density at radius 3 is 2.37 bits per heavy atom. The van der Waals surface area contributed by atoms with Gasteiger partial charge in [-0.2, -0.15) is 13.2 Å². The van der Waals surface area contributed by atoms with Gasteiger partial charge in [-0.05, 0) is 30.2 Å². The van der Waals surface area contributed by atoms with Crippen molar-refractivity contribution in [3.8, 4) is 0 Å². The van der Waals surface area contributed by atoms with E-state index in [4.69, 9.17) is 11.6 Å². The number of piperazine rings is 1. The molecule has 0 unspecified atom stereocenters. The first-order chi connectivity index (χ1) is 14.2. The number of anilines is 1. The molecule has 1 aliphatic rings. The lowest BCUT2D eigenvalue weighted by atomic mass is 10.1. The number of amides is 1. The van der Waals surface area contributed by atoms with Gasteiger partial charge in [-0.3, -0.25) is 14.9 Å². The first-order valence-corrected chi connectivity index (χ1v) is 9.66. The number of nitro benzene ring substituents is 1. The van der Waals surface area contributed by atoms with E-state index in [0.717, 1.165) is 17.7 Å². The first kappa shape index (κ1) is 21.9. The van der Waals surface area contributed by atoms with Crippen LogP contribution in [-0.2, 0) is 17.4 Å². The number of nitrogens with zero attached hydrogens (tertiary/aromatic N) is 3. The molecule has 0 atom stereocenters. The van der Waals surface area contributed by atoms with Gasteiger partial charge in [-0.25, -0.2) is 0 Å². The minimum atomic E-state index is -4.66. The molecule has 0 aromatic heterocycles. The Hall–Kier alpha value is -2.81. The molecule has 3 rings (SSSR count). The van der Waals surface area contributed by atoms with Crippen molar-refractivity contribution < 1.29 is 22.9 Å². The minimum Gasteiger partial charge on any atom is -0.362 e. The van der Waals surface area contributed by atoms with Crippen LogP contribution in [0.15, 0.2) is 42.5 Å². The molecule has 6 nitrogen and oxygen atoms in total. The SMILES string of the molecule is O=C(CCc1ccccc1Cl)N1CCN(c2ccc(C(F)(F)F)cc2[N+](=O)[O-])CC1. The average Bonchev–Trinajstić information content (AvgIpc) is 2.72. The minimum absolute atomic E-state index is 0.0588. The predicted octanol–water partition coefficient (Wildman–Crippen LogP) is 4.55. The van der Waals surface area contributed by atoms with Gasteiger partial charge >= 0.3 is 6.18 Å². The van der Waals surface area contributed by atoms with E-state index < -0.39 is 22.4 Å². The maximum Gasteiger partial charge on any atom is 0.416 e. The van der Waals surface area contributed by atoms with E-state index in [-0.39, 0.29) is 18.0 Å². The van der Waals surface area contributed by atoms with Crippen LogP contribution in [0.4, 0.5) is 24.5 Å². The monoisotopic (exact) mass is 441 g/mol. The van der Waals surface area contributed by atoms with Crippen molar-refractivity contribution in [1.29, 1.82) is 0 Å². The second-order valence-electron chi connectivity index (χ2n) is 6.92. The third-order valence-corrected chi connectivity index (χ3v) is 5.41. The summed E-state index contributed by atoms with van der Waals surface area (Å²) in [6.07, 6.45) is -3.87. The molecule has 0 aliphatic carbocycles. The second kappa shape index (κ2) is 8.91. The molecular formula is C20H19ClF3N3O3. The number of carbonyl (C=O) groups is 1. The smallest absolute Gasteiger partial charge is 0.362 e. The lowest BCUT2D eigenvalue weighted by Gasteiger charge is -2.36.